The van der Waals surface area contributed by atoms with Gasteiger partial charge < -0.3 is 0 Å². The number of hydrogen-bond acceptors (Lipinski definition) is 0. The van der Waals surface area contributed by atoms with Gasteiger partial charge in [0.25, 0.3) is 0 Å². The zero-order valence-corrected chi connectivity index (χ0v) is 14.1. The van der Waals surface area contributed by atoms with E-state index in [2.05, 4.69) is 0 Å². The molecule has 0 amide bonds. The first-order chi connectivity index (χ1) is 10.0. The molecule has 0 unspecified atom stereocenters. The largest absolute Gasteiger partial charge is 0.205 e. The van der Waals surface area contributed by atoms with E-state index >= 15 is 0 Å². The monoisotopic (exact) mass is 364 g/mol. The molecule has 0 bridgehead atoms. The predicted molar refractivity (Wildman–Crippen MR) is 89.7 cm³/mol. The van der Waals surface area contributed by atoms with Gasteiger partial charge >= 0.3 is 0 Å². The van der Waals surface area contributed by atoms with Crippen molar-refractivity contribution in [2.75, 3.05) is 11.8 Å². The summed E-state index contributed by atoms with van der Waals surface area (Å²) in [5.74, 6) is 0.0757. The highest BCUT2D eigenvalue weighted by Crippen LogP contribution is 2.34. The molecule has 0 aromatic heterocycles. The van der Waals surface area contributed by atoms with Gasteiger partial charge in [0.15, 0.2) is 0 Å². The summed E-state index contributed by atoms with van der Waals surface area (Å²) < 4.78 is 14.2. The molecule has 0 radical (unpaired) electrons. The van der Waals surface area contributed by atoms with E-state index in [0.717, 1.165) is 5.56 Å². The maximum atomic E-state index is 14.2. The van der Waals surface area contributed by atoms with Gasteiger partial charge in [0.1, 0.15) is 5.82 Å². The summed E-state index contributed by atoms with van der Waals surface area (Å²) in [7, 11) is 0. The lowest BCUT2D eigenvalue weighted by atomic mass is 9.78. The second kappa shape index (κ2) is 7.19. The molecule has 0 spiro atoms. The van der Waals surface area contributed by atoms with Crippen LogP contribution < -0.4 is 0 Å². The number of benzene rings is 2. The standard InChI is InChI=1S/C16H13Cl4F/c17-9-16(10-18,12-4-2-5-13(19)7-12)8-11-3-1-6-14(20)15(11)21/h1-7H,8-10H2. The zero-order valence-electron chi connectivity index (χ0n) is 11.1. The molecule has 0 aliphatic carbocycles. The van der Waals surface area contributed by atoms with Crippen molar-refractivity contribution in [1.29, 1.82) is 0 Å². The lowest BCUT2D eigenvalue weighted by molar-refractivity contribution is 0.512. The smallest absolute Gasteiger partial charge is 0.145 e. The van der Waals surface area contributed by atoms with Crippen molar-refractivity contribution in [3.63, 3.8) is 0 Å². The minimum Gasteiger partial charge on any atom is -0.205 e. The number of halogens is 5. The van der Waals surface area contributed by atoms with Crippen molar-refractivity contribution < 1.29 is 4.39 Å². The van der Waals surface area contributed by atoms with Crippen LogP contribution in [0.25, 0.3) is 0 Å². The molecule has 112 valence electrons. The molecule has 0 saturated heterocycles. The molecule has 5 heteroatoms. The summed E-state index contributed by atoms with van der Waals surface area (Å²) in [6, 6.07) is 12.3. The molecule has 0 saturated carbocycles. The van der Waals surface area contributed by atoms with E-state index in [1.54, 1.807) is 18.2 Å². The lowest BCUT2D eigenvalue weighted by Crippen LogP contribution is -2.33. The normalized spacial score (nSPS) is 11.7. The zero-order chi connectivity index (χ0) is 15.5. The van der Waals surface area contributed by atoms with E-state index in [9.17, 15) is 4.39 Å². The van der Waals surface area contributed by atoms with Crippen LogP contribution in [0.4, 0.5) is 4.39 Å². The van der Waals surface area contributed by atoms with E-state index in [4.69, 9.17) is 46.4 Å². The molecule has 2 aromatic rings. The first-order valence-corrected chi connectivity index (χ1v) is 8.16. The van der Waals surface area contributed by atoms with Crippen LogP contribution >= 0.6 is 46.4 Å². The van der Waals surface area contributed by atoms with Crippen LogP contribution in [-0.2, 0) is 11.8 Å². The molecule has 0 nitrogen and oxygen atoms in total. The molecule has 0 fully saturated rings. The Bertz CT molecular complexity index is 623. The third kappa shape index (κ3) is 3.65. The maximum Gasteiger partial charge on any atom is 0.145 e. The fourth-order valence-electron chi connectivity index (χ4n) is 2.25. The van der Waals surface area contributed by atoms with Gasteiger partial charge in [-0.1, -0.05) is 47.5 Å². The predicted octanol–water partition coefficient (Wildman–Crippen LogP) is 6.09. The van der Waals surface area contributed by atoms with E-state index in [-0.39, 0.29) is 16.8 Å². The van der Waals surface area contributed by atoms with Gasteiger partial charge in [0.05, 0.1) is 5.02 Å². The third-order valence-corrected chi connectivity index (χ3v) is 5.06. The van der Waals surface area contributed by atoms with Gasteiger partial charge in [-0.15, -0.1) is 23.2 Å². The average molecular weight is 366 g/mol. The number of hydrogen-bond donors (Lipinski definition) is 0. The first-order valence-electron chi connectivity index (χ1n) is 6.33. The minimum atomic E-state index is -0.598. The van der Waals surface area contributed by atoms with Crippen LogP contribution in [0.1, 0.15) is 11.1 Å². The molecule has 2 aromatic carbocycles. The summed E-state index contributed by atoms with van der Waals surface area (Å²) in [4.78, 5) is 0. The third-order valence-electron chi connectivity index (χ3n) is 3.51. The Kier molecular flexibility index (Phi) is 5.79. The molecule has 21 heavy (non-hydrogen) atoms. The van der Waals surface area contributed by atoms with Crippen LogP contribution in [0, 0.1) is 5.82 Å². The van der Waals surface area contributed by atoms with E-state index in [1.807, 2.05) is 18.2 Å². The summed E-state index contributed by atoms with van der Waals surface area (Å²) in [5.41, 5.74) is 0.780. The van der Waals surface area contributed by atoms with E-state index in [1.165, 1.54) is 6.07 Å². The number of alkyl halides is 2. The first kappa shape index (κ1) is 16.9. The molecule has 0 aliphatic heterocycles. The highest BCUT2D eigenvalue weighted by atomic mass is 35.5. The fraction of sp³-hybridized carbons (Fsp3) is 0.250. The topological polar surface area (TPSA) is 0 Å². The second-order valence-corrected chi connectivity index (χ2v) is 6.33. The molecule has 0 N–H and O–H groups in total. The fourth-order valence-corrected chi connectivity index (χ4v) is 3.42. The van der Waals surface area contributed by atoms with Crippen molar-refractivity contribution in [3.05, 3.63) is 69.5 Å². The summed E-state index contributed by atoms with van der Waals surface area (Å²) >= 11 is 24.2. The Hall–Kier alpha value is -0.470. The van der Waals surface area contributed by atoms with Crippen molar-refractivity contribution in [2.24, 2.45) is 0 Å². The Morgan fingerprint density at radius 1 is 0.952 bits per heavy atom. The van der Waals surface area contributed by atoms with Gasteiger partial charge in [0.2, 0.25) is 0 Å². The molecule has 0 heterocycles. The van der Waals surface area contributed by atoms with E-state index in [0.29, 0.717) is 17.0 Å². The molecule has 2 rings (SSSR count). The van der Waals surface area contributed by atoms with Crippen molar-refractivity contribution in [2.45, 2.75) is 11.8 Å². The SMILES string of the molecule is Fc1c(Cl)cccc1CC(CCl)(CCl)c1cccc(Cl)c1. The molecular weight excluding hydrogens is 353 g/mol. The molecule has 0 atom stereocenters. The van der Waals surface area contributed by atoms with Crippen molar-refractivity contribution in [3.8, 4) is 0 Å². The van der Waals surface area contributed by atoms with E-state index < -0.39 is 11.2 Å². The number of rotatable bonds is 5. The minimum absolute atomic E-state index is 0.0941. The summed E-state index contributed by atoms with van der Waals surface area (Å²) in [5, 5.41) is 0.690. The Labute approximate surface area is 143 Å². The summed E-state index contributed by atoms with van der Waals surface area (Å²) in [6.07, 6.45) is 0.354. The van der Waals surface area contributed by atoms with Gasteiger partial charge in [-0.05, 0) is 35.7 Å². The van der Waals surface area contributed by atoms with Crippen molar-refractivity contribution >= 4 is 46.4 Å². The van der Waals surface area contributed by atoms with Crippen LogP contribution in [0.5, 0.6) is 0 Å². The van der Waals surface area contributed by atoms with Gasteiger partial charge in [-0.3, -0.25) is 0 Å². The average Bonchev–Trinajstić information content (AvgIpc) is 2.49. The quantitative estimate of drug-likeness (QED) is 0.562. The van der Waals surface area contributed by atoms with Crippen LogP contribution in [0.2, 0.25) is 10.0 Å². The molecule has 0 aliphatic rings. The van der Waals surface area contributed by atoms with Crippen LogP contribution in [0.15, 0.2) is 42.5 Å². The Morgan fingerprint density at radius 3 is 2.24 bits per heavy atom. The maximum absolute atomic E-state index is 14.2. The van der Waals surface area contributed by atoms with Gasteiger partial charge in [-0.2, -0.15) is 0 Å². The van der Waals surface area contributed by atoms with Crippen molar-refractivity contribution in [1.82, 2.24) is 0 Å². The van der Waals surface area contributed by atoms with Crippen LogP contribution in [0.3, 0.4) is 0 Å². The lowest BCUT2D eigenvalue weighted by Gasteiger charge is -2.31. The highest BCUT2D eigenvalue weighted by molar-refractivity contribution is 6.31. The Morgan fingerprint density at radius 2 is 1.62 bits per heavy atom. The highest BCUT2D eigenvalue weighted by Gasteiger charge is 2.32. The summed E-state index contributed by atoms with van der Waals surface area (Å²) in [6.45, 7) is 0. The second-order valence-electron chi connectivity index (χ2n) is 4.95. The molecular formula is C16H13Cl4F. The van der Waals surface area contributed by atoms with Gasteiger partial charge in [-0.25, -0.2) is 4.39 Å². The van der Waals surface area contributed by atoms with Gasteiger partial charge in [0, 0.05) is 22.2 Å². The van der Waals surface area contributed by atoms with Crippen LogP contribution in [-0.4, -0.2) is 11.8 Å². The Balaban J connectivity index is 2.45.